The number of halogens is 1. The van der Waals surface area contributed by atoms with E-state index < -0.39 is 0 Å². The van der Waals surface area contributed by atoms with Gasteiger partial charge in [-0.3, -0.25) is 0 Å². The molecule has 1 aromatic carbocycles. The molecular weight excluding hydrogens is 172 g/mol. The molecule has 0 amide bonds. The molecule has 2 nitrogen and oxygen atoms in total. The van der Waals surface area contributed by atoms with Crippen molar-refractivity contribution in [3.63, 3.8) is 0 Å². The highest BCUT2D eigenvalue weighted by atomic mass is 35.5. The lowest BCUT2D eigenvalue weighted by Crippen LogP contribution is -2.01. The van der Waals surface area contributed by atoms with E-state index in [0.717, 1.165) is 11.1 Å². The molecule has 3 heteroatoms. The van der Waals surface area contributed by atoms with Gasteiger partial charge in [0.25, 0.3) is 0 Å². The van der Waals surface area contributed by atoms with Gasteiger partial charge in [0.05, 0.1) is 11.6 Å². The van der Waals surface area contributed by atoms with Crippen molar-refractivity contribution in [1.29, 1.82) is 5.26 Å². The fourth-order valence-electron chi connectivity index (χ4n) is 1.07. The maximum absolute atomic E-state index is 8.79. The smallest absolute Gasteiger partial charge is 0.0998 e. The summed E-state index contributed by atoms with van der Waals surface area (Å²) in [5, 5.41) is 9.41. The third kappa shape index (κ3) is 1.42. The summed E-state index contributed by atoms with van der Waals surface area (Å²) >= 11 is 5.83. The molecule has 0 spiro atoms. The van der Waals surface area contributed by atoms with Gasteiger partial charge in [-0.05, 0) is 24.1 Å². The summed E-state index contributed by atoms with van der Waals surface area (Å²) in [6.45, 7) is 2.20. The standard InChI is InChI=1S/C9H9ClN2/c1-6-8(5-12)7(4-11)2-3-9(6)10/h2-3H,4,11H2,1H3. The number of hydrogen-bond donors (Lipinski definition) is 1. The Morgan fingerprint density at radius 2 is 2.25 bits per heavy atom. The van der Waals surface area contributed by atoms with Crippen molar-refractivity contribution in [2.75, 3.05) is 0 Å². The van der Waals surface area contributed by atoms with Crippen LogP contribution in [0.5, 0.6) is 0 Å². The molecule has 0 fully saturated rings. The Labute approximate surface area is 76.6 Å². The number of rotatable bonds is 1. The van der Waals surface area contributed by atoms with E-state index in [9.17, 15) is 0 Å². The van der Waals surface area contributed by atoms with Crippen LogP contribution >= 0.6 is 11.6 Å². The fourth-order valence-corrected chi connectivity index (χ4v) is 1.23. The zero-order valence-electron chi connectivity index (χ0n) is 6.76. The molecule has 0 atom stereocenters. The Balaban J connectivity index is 3.38. The summed E-state index contributed by atoms with van der Waals surface area (Å²) < 4.78 is 0. The molecule has 1 rings (SSSR count). The van der Waals surface area contributed by atoms with E-state index in [1.807, 2.05) is 6.92 Å². The molecule has 0 bridgehead atoms. The molecule has 62 valence electrons. The van der Waals surface area contributed by atoms with Gasteiger partial charge in [0.2, 0.25) is 0 Å². The Hall–Kier alpha value is -1.04. The molecule has 0 radical (unpaired) electrons. The SMILES string of the molecule is Cc1c(Cl)ccc(CN)c1C#N. The van der Waals surface area contributed by atoms with Crippen LogP contribution in [0.1, 0.15) is 16.7 Å². The fraction of sp³-hybridized carbons (Fsp3) is 0.222. The molecule has 0 aromatic heterocycles. The maximum atomic E-state index is 8.79. The van der Waals surface area contributed by atoms with Crippen LogP contribution < -0.4 is 5.73 Å². The van der Waals surface area contributed by atoms with Crippen LogP contribution in [0.25, 0.3) is 0 Å². The summed E-state index contributed by atoms with van der Waals surface area (Å²) in [5.74, 6) is 0. The maximum Gasteiger partial charge on any atom is 0.0998 e. The molecule has 0 unspecified atom stereocenters. The minimum Gasteiger partial charge on any atom is -0.326 e. The molecule has 12 heavy (non-hydrogen) atoms. The Bertz CT molecular complexity index is 339. The van der Waals surface area contributed by atoms with Crippen LogP contribution in [0.15, 0.2) is 12.1 Å². The van der Waals surface area contributed by atoms with Crippen LogP contribution in [0.4, 0.5) is 0 Å². The zero-order chi connectivity index (χ0) is 9.14. The highest BCUT2D eigenvalue weighted by Crippen LogP contribution is 2.21. The molecule has 0 saturated carbocycles. The predicted octanol–water partition coefficient (Wildman–Crippen LogP) is 1.98. The van der Waals surface area contributed by atoms with Crippen molar-refractivity contribution in [1.82, 2.24) is 0 Å². The van der Waals surface area contributed by atoms with Gasteiger partial charge in [0.15, 0.2) is 0 Å². The monoisotopic (exact) mass is 180 g/mol. The van der Waals surface area contributed by atoms with Crippen LogP contribution in [-0.2, 0) is 6.54 Å². The number of benzene rings is 1. The average Bonchev–Trinajstić information content (AvgIpc) is 2.09. The van der Waals surface area contributed by atoms with E-state index >= 15 is 0 Å². The Morgan fingerprint density at radius 3 is 2.75 bits per heavy atom. The first kappa shape index (κ1) is 9.05. The lowest BCUT2D eigenvalue weighted by atomic mass is 10.0. The topological polar surface area (TPSA) is 49.8 Å². The van der Waals surface area contributed by atoms with Crippen molar-refractivity contribution in [2.24, 2.45) is 5.73 Å². The van der Waals surface area contributed by atoms with Crippen molar-refractivity contribution in [3.05, 3.63) is 33.8 Å². The van der Waals surface area contributed by atoms with Crippen LogP contribution in [0.2, 0.25) is 5.02 Å². The lowest BCUT2D eigenvalue weighted by Gasteiger charge is -2.04. The van der Waals surface area contributed by atoms with E-state index in [1.54, 1.807) is 12.1 Å². The molecule has 2 N–H and O–H groups in total. The van der Waals surface area contributed by atoms with Crippen molar-refractivity contribution in [3.8, 4) is 6.07 Å². The summed E-state index contributed by atoms with van der Waals surface area (Å²) in [4.78, 5) is 0. The Kier molecular flexibility index (Phi) is 2.69. The van der Waals surface area contributed by atoms with E-state index in [4.69, 9.17) is 22.6 Å². The van der Waals surface area contributed by atoms with Crippen molar-refractivity contribution in [2.45, 2.75) is 13.5 Å². The normalized spacial score (nSPS) is 9.50. The van der Waals surface area contributed by atoms with E-state index in [-0.39, 0.29) is 0 Å². The lowest BCUT2D eigenvalue weighted by molar-refractivity contribution is 1.06. The van der Waals surface area contributed by atoms with Gasteiger partial charge in [-0.1, -0.05) is 17.7 Å². The van der Waals surface area contributed by atoms with Crippen molar-refractivity contribution < 1.29 is 0 Å². The third-order valence-electron chi connectivity index (χ3n) is 1.82. The summed E-state index contributed by atoms with van der Waals surface area (Å²) in [7, 11) is 0. The molecule has 1 aromatic rings. The first-order chi connectivity index (χ1) is 5.70. The van der Waals surface area contributed by atoms with Crippen LogP contribution in [-0.4, -0.2) is 0 Å². The van der Waals surface area contributed by atoms with Gasteiger partial charge in [0.1, 0.15) is 0 Å². The summed E-state index contributed by atoms with van der Waals surface area (Å²) in [6.07, 6.45) is 0. The van der Waals surface area contributed by atoms with Gasteiger partial charge >= 0.3 is 0 Å². The second-order valence-electron chi connectivity index (χ2n) is 2.52. The third-order valence-corrected chi connectivity index (χ3v) is 2.23. The first-order valence-electron chi connectivity index (χ1n) is 3.59. The second kappa shape index (κ2) is 3.57. The summed E-state index contributed by atoms with van der Waals surface area (Å²) in [6, 6.07) is 5.64. The molecule has 0 heterocycles. The quantitative estimate of drug-likeness (QED) is 0.719. The van der Waals surface area contributed by atoms with Gasteiger partial charge in [0, 0.05) is 11.6 Å². The number of nitrogens with zero attached hydrogens (tertiary/aromatic N) is 1. The van der Waals surface area contributed by atoms with Crippen LogP contribution in [0, 0.1) is 18.3 Å². The van der Waals surface area contributed by atoms with E-state index in [2.05, 4.69) is 6.07 Å². The minimum absolute atomic E-state index is 0.376. The second-order valence-corrected chi connectivity index (χ2v) is 2.93. The number of nitriles is 1. The van der Waals surface area contributed by atoms with Crippen molar-refractivity contribution >= 4 is 11.6 Å². The van der Waals surface area contributed by atoms with Gasteiger partial charge < -0.3 is 5.73 Å². The van der Waals surface area contributed by atoms with Gasteiger partial charge in [-0.15, -0.1) is 0 Å². The summed E-state index contributed by atoms with van der Waals surface area (Å²) in [5.41, 5.74) is 7.71. The van der Waals surface area contributed by atoms with Gasteiger partial charge in [-0.25, -0.2) is 0 Å². The minimum atomic E-state index is 0.376. The Morgan fingerprint density at radius 1 is 1.58 bits per heavy atom. The molecule has 0 aliphatic rings. The average molecular weight is 181 g/mol. The molecule has 0 aliphatic heterocycles. The number of nitrogens with two attached hydrogens (primary N) is 1. The van der Waals surface area contributed by atoms with Crippen LogP contribution in [0.3, 0.4) is 0 Å². The highest BCUT2D eigenvalue weighted by Gasteiger charge is 2.06. The van der Waals surface area contributed by atoms with E-state index in [1.165, 1.54) is 0 Å². The molecule has 0 saturated heterocycles. The largest absolute Gasteiger partial charge is 0.326 e. The predicted molar refractivity (Wildman–Crippen MR) is 48.8 cm³/mol. The van der Waals surface area contributed by atoms with Gasteiger partial charge in [-0.2, -0.15) is 5.26 Å². The first-order valence-corrected chi connectivity index (χ1v) is 3.96. The number of hydrogen-bond acceptors (Lipinski definition) is 2. The molecular formula is C9H9ClN2. The highest BCUT2D eigenvalue weighted by molar-refractivity contribution is 6.31. The zero-order valence-corrected chi connectivity index (χ0v) is 7.52. The van der Waals surface area contributed by atoms with E-state index in [0.29, 0.717) is 17.1 Å². The molecule has 0 aliphatic carbocycles.